The van der Waals surface area contributed by atoms with Crippen molar-refractivity contribution in [2.75, 3.05) is 0 Å². The van der Waals surface area contributed by atoms with E-state index in [-0.39, 0.29) is 5.82 Å². The summed E-state index contributed by atoms with van der Waals surface area (Å²) in [4.78, 5) is 4.66. The smallest absolute Gasteiger partial charge is 0.123 e. The van der Waals surface area contributed by atoms with Gasteiger partial charge in [-0.2, -0.15) is 0 Å². The zero-order valence-electron chi connectivity index (χ0n) is 16.2. The molecule has 1 heterocycles. The summed E-state index contributed by atoms with van der Waals surface area (Å²) >= 11 is 0. The Balaban J connectivity index is 1.63. The maximum Gasteiger partial charge on any atom is 0.123 e. The Morgan fingerprint density at radius 3 is 2.03 bits per heavy atom. The number of pyridine rings is 1. The molecule has 4 aromatic rings. The van der Waals surface area contributed by atoms with Gasteiger partial charge in [-0.25, -0.2) is 4.39 Å². The Morgan fingerprint density at radius 2 is 1.28 bits per heavy atom. The van der Waals surface area contributed by atoms with Crippen molar-refractivity contribution in [3.63, 3.8) is 0 Å². The first-order chi connectivity index (χ1) is 14.3. The van der Waals surface area contributed by atoms with E-state index in [9.17, 15) is 4.39 Å². The van der Waals surface area contributed by atoms with E-state index in [2.05, 4.69) is 53.5 Å². The Labute approximate surface area is 170 Å². The second kappa shape index (κ2) is 7.63. The molecule has 1 aromatic heterocycles. The van der Waals surface area contributed by atoms with Crippen molar-refractivity contribution in [2.24, 2.45) is 0 Å². The summed E-state index contributed by atoms with van der Waals surface area (Å²) in [5, 5.41) is 0. The Bertz CT molecular complexity index is 1140. The van der Waals surface area contributed by atoms with Gasteiger partial charge in [0.05, 0.1) is 5.69 Å². The molecule has 0 saturated carbocycles. The number of hydrogen-bond acceptors (Lipinski definition) is 1. The van der Waals surface area contributed by atoms with Crippen molar-refractivity contribution in [1.82, 2.24) is 4.98 Å². The molecule has 0 radical (unpaired) electrons. The summed E-state index contributed by atoms with van der Waals surface area (Å²) < 4.78 is 13.4. The Kier molecular flexibility index (Phi) is 4.69. The molecule has 1 nitrogen and oxygen atoms in total. The fraction of sp³-hybridized carbons (Fsp3) is 0.148. The topological polar surface area (TPSA) is 12.9 Å². The molecule has 0 spiro atoms. The Hall–Kier alpha value is -3.26. The highest BCUT2D eigenvalue weighted by molar-refractivity contribution is 5.82. The van der Waals surface area contributed by atoms with E-state index < -0.39 is 0 Å². The lowest BCUT2D eigenvalue weighted by Crippen LogP contribution is -2.01. The lowest BCUT2D eigenvalue weighted by atomic mass is 9.89. The van der Waals surface area contributed by atoms with Crippen LogP contribution < -0.4 is 0 Å². The molecule has 142 valence electrons. The summed E-state index contributed by atoms with van der Waals surface area (Å²) in [6.45, 7) is 0. The van der Waals surface area contributed by atoms with Crippen LogP contribution >= 0.6 is 0 Å². The van der Waals surface area contributed by atoms with Crippen molar-refractivity contribution in [3.05, 3.63) is 113 Å². The van der Waals surface area contributed by atoms with Crippen LogP contribution in [0.1, 0.15) is 22.3 Å². The van der Waals surface area contributed by atoms with E-state index in [1.165, 1.54) is 39.9 Å². The third-order valence-corrected chi connectivity index (χ3v) is 5.80. The van der Waals surface area contributed by atoms with Crippen molar-refractivity contribution in [1.29, 1.82) is 0 Å². The van der Waals surface area contributed by atoms with Gasteiger partial charge in [-0.3, -0.25) is 4.98 Å². The predicted octanol–water partition coefficient (Wildman–Crippen LogP) is 6.44. The number of aromatic nitrogens is 1. The lowest BCUT2D eigenvalue weighted by Gasteiger charge is -2.17. The van der Waals surface area contributed by atoms with Gasteiger partial charge in [0.25, 0.3) is 0 Å². The molecule has 2 heteroatoms. The number of benzene rings is 3. The summed E-state index contributed by atoms with van der Waals surface area (Å²) in [5.41, 5.74) is 9.61. The molecule has 4 bridgehead atoms. The highest BCUT2D eigenvalue weighted by atomic mass is 19.1. The van der Waals surface area contributed by atoms with E-state index in [0.717, 1.165) is 42.5 Å². The first-order valence-electron chi connectivity index (χ1n) is 10.2. The summed E-state index contributed by atoms with van der Waals surface area (Å²) in [7, 11) is 0. The maximum atomic E-state index is 13.4. The fourth-order valence-corrected chi connectivity index (χ4v) is 4.15. The predicted molar refractivity (Wildman–Crippen MR) is 116 cm³/mol. The van der Waals surface area contributed by atoms with Gasteiger partial charge in [-0.15, -0.1) is 0 Å². The molecule has 4 aliphatic carbocycles. The molecule has 8 rings (SSSR count). The molecule has 3 aromatic carbocycles. The Morgan fingerprint density at radius 1 is 0.621 bits per heavy atom. The van der Waals surface area contributed by atoms with Crippen molar-refractivity contribution >= 4 is 0 Å². The van der Waals surface area contributed by atoms with Crippen LogP contribution in [0.5, 0.6) is 0 Å². The van der Waals surface area contributed by atoms with Crippen LogP contribution in [0, 0.1) is 5.82 Å². The highest BCUT2D eigenvalue weighted by Crippen LogP contribution is 2.34. The zero-order valence-corrected chi connectivity index (χ0v) is 16.2. The molecular weight excluding hydrogens is 357 g/mol. The maximum absolute atomic E-state index is 13.4. The third-order valence-electron chi connectivity index (χ3n) is 5.80. The van der Waals surface area contributed by atoms with Crippen LogP contribution in [0.3, 0.4) is 0 Å². The van der Waals surface area contributed by atoms with Crippen LogP contribution in [0.2, 0.25) is 0 Å². The largest absolute Gasteiger partial charge is 0.256 e. The SMILES string of the molecule is Fc1ccc(-c2ncccc2-c2cc3ccc2CCc2ccc(cc2)CC3)cc1. The van der Waals surface area contributed by atoms with E-state index in [1.807, 2.05) is 24.4 Å². The minimum absolute atomic E-state index is 0.228. The van der Waals surface area contributed by atoms with E-state index in [1.54, 1.807) is 0 Å². The third kappa shape index (κ3) is 3.71. The highest BCUT2D eigenvalue weighted by Gasteiger charge is 2.14. The quantitative estimate of drug-likeness (QED) is 0.391. The summed E-state index contributed by atoms with van der Waals surface area (Å²) in [6.07, 6.45) is 5.85. The normalized spacial score (nSPS) is 13.1. The minimum atomic E-state index is -0.228. The van der Waals surface area contributed by atoms with Crippen LogP contribution in [-0.2, 0) is 25.7 Å². The molecule has 0 amide bonds. The van der Waals surface area contributed by atoms with Gasteiger partial charge < -0.3 is 0 Å². The monoisotopic (exact) mass is 379 g/mol. The van der Waals surface area contributed by atoms with Crippen LogP contribution in [0.4, 0.5) is 4.39 Å². The molecule has 0 aliphatic heterocycles. The molecule has 0 N–H and O–H groups in total. The molecule has 4 aliphatic rings. The van der Waals surface area contributed by atoms with Gasteiger partial charge in [-0.1, -0.05) is 48.5 Å². The molecule has 0 saturated heterocycles. The van der Waals surface area contributed by atoms with Gasteiger partial charge in [0.2, 0.25) is 0 Å². The van der Waals surface area contributed by atoms with Gasteiger partial charge in [0, 0.05) is 17.3 Å². The van der Waals surface area contributed by atoms with Gasteiger partial charge >= 0.3 is 0 Å². The number of halogens is 1. The number of aryl methyl sites for hydroxylation is 4. The molecular formula is C27H22FN. The average Bonchev–Trinajstić information content (AvgIpc) is 2.76. The second-order valence-electron chi connectivity index (χ2n) is 7.71. The van der Waals surface area contributed by atoms with E-state index in [4.69, 9.17) is 0 Å². The van der Waals surface area contributed by atoms with E-state index in [0.29, 0.717) is 0 Å². The minimum Gasteiger partial charge on any atom is -0.256 e. The molecule has 0 unspecified atom stereocenters. The van der Waals surface area contributed by atoms with Gasteiger partial charge in [0.1, 0.15) is 5.82 Å². The second-order valence-corrected chi connectivity index (χ2v) is 7.71. The molecule has 0 atom stereocenters. The first-order valence-corrected chi connectivity index (χ1v) is 10.2. The zero-order chi connectivity index (χ0) is 19.6. The molecule has 0 fully saturated rings. The number of hydrogen-bond donors (Lipinski definition) is 0. The lowest BCUT2D eigenvalue weighted by molar-refractivity contribution is 0.628. The van der Waals surface area contributed by atoms with E-state index >= 15 is 0 Å². The van der Waals surface area contributed by atoms with Crippen molar-refractivity contribution in [3.8, 4) is 22.4 Å². The molecule has 29 heavy (non-hydrogen) atoms. The standard InChI is InChI=1S/C27H22FN/c28-24-15-13-23(14-16-24)27-25(2-1-17-29-27)26-18-21-8-7-19-3-5-20(6-4-19)9-11-22(26)12-10-21/h1-6,10,12-18H,7-9,11H2. The number of rotatable bonds is 2. The fourth-order valence-electron chi connectivity index (χ4n) is 4.15. The average molecular weight is 379 g/mol. The number of nitrogens with zero attached hydrogens (tertiary/aromatic N) is 1. The summed E-state index contributed by atoms with van der Waals surface area (Å²) in [5.74, 6) is -0.228. The van der Waals surface area contributed by atoms with Gasteiger partial charge in [-0.05, 0) is 83.8 Å². The van der Waals surface area contributed by atoms with Gasteiger partial charge in [0.15, 0.2) is 0 Å². The summed E-state index contributed by atoms with van der Waals surface area (Å²) in [6, 6.07) is 26.7. The van der Waals surface area contributed by atoms with Crippen molar-refractivity contribution in [2.45, 2.75) is 25.7 Å². The first kappa shape index (κ1) is 17.8. The van der Waals surface area contributed by atoms with Crippen LogP contribution in [-0.4, -0.2) is 4.98 Å². The van der Waals surface area contributed by atoms with Crippen LogP contribution in [0.15, 0.2) is 85.1 Å². The van der Waals surface area contributed by atoms with Crippen LogP contribution in [0.25, 0.3) is 22.4 Å². The van der Waals surface area contributed by atoms with Crippen molar-refractivity contribution < 1.29 is 4.39 Å².